The number of methoxy groups -OCH3 is 1. The van der Waals surface area contributed by atoms with Gasteiger partial charge in [-0.1, -0.05) is 0 Å². The van der Waals surface area contributed by atoms with Crippen molar-refractivity contribution in [2.24, 2.45) is 20.5 Å². The normalized spacial score (nSPS) is 12.6. The van der Waals surface area contributed by atoms with Crippen molar-refractivity contribution in [1.29, 1.82) is 0 Å². The van der Waals surface area contributed by atoms with Gasteiger partial charge in [0.1, 0.15) is 33.5 Å². The number of hydrogen-bond donors (Lipinski definition) is 4. The minimum absolute atomic E-state index is 0.0137. The Bertz CT molecular complexity index is 2000. The van der Waals surface area contributed by atoms with Gasteiger partial charge in [0.15, 0.2) is 0 Å². The number of hydrogen-bond acceptors (Lipinski definition) is 14. The molecule has 0 radical (unpaired) electrons. The fourth-order valence-electron chi connectivity index (χ4n) is 3.87. The Morgan fingerprint density at radius 3 is 1.68 bits per heavy atom. The molecule has 0 amide bonds. The van der Waals surface area contributed by atoms with Gasteiger partial charge in [-0.3, -0.25) is 13.7 Å². The minimum atomic E-state index is -4.68. The maximum absolute atomic E-state index is 11.9. The van der Waals surface area contributed by atoms with Crippen LogP contribution in [0.4, 0.5) is 28.4 Å². The smallest absolute Gasteiger partial charge is 0.296 e. The van der Waals surface area contributed by atoms with E-state index in [2.05, 4.69) is 20.5 Å². The summed E-state index contributed by atoms with van der Waals surface area (Å²) in [5, 5.41) is 16.6. The molecule has 3 aromatic carbocycles. The molecule has 0 fully saturated rings. The first-order chi connectivity index (χ1) is 21.9. The number of rotatable bonds is 16. The standard InChI is InChI=1S/C27H33N5O12S3/c1-17-12-20(28)25(43-8-4-10-45(33,34)35)15-22(17)31-32-24-13-18(2)23(16-26(24)44-9-5-11-46(36,37)38)30-29-21-7-6-19(42-3)14-27(21)47(39,40)41/h6-7,12-16H,4-5,8-11,28H2,1-3H3,(H,33,34,35)(H,36,37,38)(H,39,40,41). The van der Waals surface area contributed by atoms with Crippen molar-refractivity contribution in [1.82, 2.24) is 0 Å². The number of nitrogens with two attached hydrogens (primary N) is 1. The number of nitrogens with zero attached hydrogens (tertiary/aromatic N) is 4. The molecule has 0 aromatic heterocycles. The molecule has 0 heterocycles. The van der Waals surface area contributed by atoms with Crippen LogP contribution in [0.2, 0.25) is 0 Å². The molecule has 0 aliphatic carbocycles. The molecule has 3 rings (SSSR count). The van der Waals surface area contributed by atoms with Gasteiger partial charge in [-0.05, 0) is 62.1 Å². The predicted molar refractivity (Wildman–Crippen MR) is 171 cm³/mol. The molecule has 0 saturated heterocycles. The van der Waals surface area contributed by atoms with Gasteiger partial charge in [0.05, 0.1) is 48.9 Å². The quantitative estimate of drug-likeness (QED) is 0.0636. The molecule has 0 spiro atoms. The van der Waals surface area contributed by atoms with Gasteiger partial charge in [-0.2, -0.15) is 35.5 Å². The highest BCUT2D eigenvalue weighted by Crippen LogP contribution is 2.39. The maximum Gasteiger partial charge on any atom is 0.296 e. The lowest BCUT2D eigenvalue weighted by molar-refractivity contribution is 0.317. The van der Waals surface area contributed by atoms with Gasteiger partial charge in [0.25, 0.3) is 30.4 Å². The van der Waals surface area contributed by atoms with E-state index in [0.717, 1.165) is 6.07 Å². The first-order valence-electron chi connectivity index (χ1n) is 13.6. The summed E-state index contributed by atoms with van der Waals surface area (Å²) in [6.45, 7) is 3.16. The van der Waals surface area contributed by atoms with Gasteiger partial charge < -0.3 is 19.9 Å². The molecule has 0 atom stereocenters. The summed E-state index contributed by atoms with van der Waals surface area (Å²) in [6.07, 6.45) is -0.0566. The number of azo groups is 2. The molecular formula is C27H33N5O12S3. The van der Waals surface area contributed by atoms with Crippen LogP contribution >= 0.6 is 0 Å². The van der Waals surface area contributed by atoms with Crippen LogP contribution in [-0.4, -0.2) is 70.7 Å². The predicted octanol–water partition coefficient (Wildman–Crippen LogP) is 5.29. The number of benzene rings is 3. The van der Waals surface area contributed by atoms with E-state index in [1.54, 1.807) is 19.9 Å². The molecular weight excluding hydrogens is 683 g/mol. The highest BCUT2D eigenvalue weighted by atomic mass is 32.2. The lowest BCUT2D eigenvalue weighted by atomic mass is 10.1. The third kappa shape index (κ3) is 11.8. The molecule has 0 bridgehead atoms. The van der Waals surface area contributed by atoms with Crippen LogP contribution in [0.5, 0.6) is 17.2 Å². The molecule has 0 saturated carbocycles. The summed E-state index contributed by atoms with van der Waals surface area (Å²) < 4.78 is 112. The lowest BCUT2D eigenvalue weighted by Crippen LogP contribution is -2.09. The summed E-state index contributed by atoms with van der Waals surface area (Å²) in [4.78, 5) is -0.536. The van der Waals surface area contributed by atoms with Crippen molar-refractivity contribution >= 4 is 58.8 Å². The summed E-state index contributed by atoms with van der Waals surface area (Å²) in [6, 6.07) is 9.82. The molecule has 20 heteroatoms. The molecule has 17 nitrogen and oxygen atoms in total. The second kappa shape index (κ2) is 15.6. The molecule has 47 heavy (non-hydrogen) atoms. The number of ether oxygens (including phenoxy) is 3. The van der Waals surface area contributed by atoms with Crippen LogP contribution in [0, 0.1) is 13.8 Å². The number of anilines is 1. The highest BCUT2D eigenvalue weighted by Gasteiger charge is 2.18. The van der Waals surface area contributed by atoms with Crippen LogP contribution in [0.15, 0.2) is 67.8 Å². The fraction of sp³-hybridized carbons (Fsp3) is 0.333. The van der Waals surface area contributed by atoms with E-state index in [9.17, 15) is 29.8 Å². The minimum Gasteiger partial charge on any atom is -0.497 e. The van der Waals surface area contributed by atoms with Crippen LogP contribution in [0.3, 0.4) is 0 Å². The van der Waals surface area contributed by atoms with Crippen molar-refractivity contribution < 1.29 is 53.1 Å². The van der Waals surface area contributed by atoms with E-state index < -0.39 is 46.8 Å². The van der Waals surface area contributed by atoms with Crippen molar-refractivity contribution in [3.8, 4) is 17.2 Å². The van der Waals surface area contributed by atoms with Crippen molar-refractivity contribution in [2.45, 2.75) is 31.6 Å². The molecule has 3 aromatic rings. The van der Waals surface area contributed by atoms with Gasteiger partial charge in [0, 0.05) is 18.2 Å². The second-order valence-corrected chi connectivity index (χ2v) is 14.5. The zero-order valence-electron chi connectivity index (χ0n) is 25.4. The van der Waals surface area contributed by atoms with E-state index in [0.29, 0.717) is 16.8 Å². The Morgan fingerprint density at radius 1 is 0.660 bits per heavy atom. The van der Waals surface area contributed by atoms with Gasteiger partial charge in [0.2, 0.25) is 0 Å². The van der Waals surface area contributed by atoms with E-state index in [1.165, 1.54) is 37.4 Å². The zero-order chi connectivity index (χ0) is 35.0. The number of aryl methyl sites for hydroxylation is 2. The SMILES string of the molecule is COc1ccc(N=Nc2cc(OCCCS(=O)(=O)O)c(N=Nc3cc(OCCCS(=O)(=O)O)c(N)cc3C)cc2C)c(S(=O)(=O)O)c1. The first-order valence-corrected chi connectivity index (χ1v) is 18.2. The Hall–Kier alpha value is -4.21. The first kappa shape index (κ1) is 37.2. The van der Waals surface area contributed by atoms with Crippen molar-refractivity contribution in [2.75, 3.05) is 37.6 Å². The Balaban J connectivity index is 1.97. The average molecular weight is 716 g/mol. The van der Waals surface area contributed by atoms with Crippen LogP contribution in [-0.2, 0) is 30.4 Å². The molecule has 0 aliphatic rings. The zero-order valence-corrected chi connectivity index (χ0v) is 27.8. The van der Waals surface area contributed by atoms with E-state index in [4.69, 9.17) is 29.0 Å². The topological polar surface area (TPSA) is 266 Å². The fourth-order valence-corrected chi connectivity index (χ4v) is 5.47. The van der Waals surface area contributed by atoms with Crippen molar-refractivity contribution in [3.63, 3.8) is 0 Å². The van der Waals surface area contributed by atoms with E-state index in [-0.39, 0.29) is 66.1 Å². The van der Waals surface area contributed by atoms with Crippen LogP contribution in [0.1, 0.15) is 24.0 Å². The summed E-state index contributed by atoms with van der Waals surface area (Å²) in [5.74, 6) is -0.597. The lowest BCUT2D eigenvalue weighted by Gasteiger charge is -2.12. The Labute approximate surface area is 271 Å². The molecule has 5 N–H and O–H groups in total. The molecule has 0 unspecified atom stereocenters. The maximum atomic E-state index is 11.9. The molecule has 256 valence electrons. The van der Waals surface area contributed by atoms with E-state index in [1.807, 2.05) is 0 Å². The summed E-state index contributed by atoms with van der Waals surface area (Å²) >= 11 is 0. The average Bonchev–Trinajstić information content (AvgIpc) is 2.96. The number of nitrogen functional groups attached to an aromatic ring is 1. The monoisotopic (exact) mass is 715 g/mol. The summed E-state index contributed by atoms with van der Waals surface area (Å²) in [7, 11) is -11.7. The third-order valence-corrected chi connectivity index (χ3v) is 8.68. The van der Waals surface area contributed by atoms with Gasteiger partial charge in [-0.15, -0.1) is 10.2 Å². The van der Waals surface area contributed by atoms with Crippen LogP contribution < -0.4 is 19.9 Å². The van der Waals surface area contributed by atoms with Crippen LogP contribution in [0.25, 0.3) is 0 Å². The third-order valence-electron chi connectivity index (χ3n) is 6.19. The second-order valence-electron chi connectivity index (χ2n) is 9.97. The Morgan fingerprint density at radius 2 is 1.15 bits per heavy atom. The van der Waals surface area contributed by atoms with E-state index >= 15 is 0 Å². The van der Waals surface area contributed by atoms with Gasteiger partial charge >= 0.3 is 0 Å². The van der Waals surface area contributed by atoms with Gasteiger partial charge in [-0.25, -0.2) is 0 Å². The largest absolute Gasteiger partial charge is 0.497 e. The summed E-state index contributed by atoms with van der Waals surface area (Å²) in [5.41, 5.74) is 7.93. The van der Waals surface area contributed by atoms with Crippen molar-refractivity contribution in [3.05, 3.63) is 53.6 Å². The highest BCUT2D eigenvalue weighted by molar-refractivity contribution is 7.86. The molecule has 0 aliphatic heterocycles. The Kier molecular flexibility index (Phi) is 12.4.